The minimum absolute atomic E-state index is 0.101. The first-order valence-corrected chi connectivity index (χ1v) is 23.6. The molecule has 0 bridgehead atoms. The highest BCUT2D eigenvalue weighted by Crippen LogP contribution is 2.52. The summed E-state index contributed by atoms with van der Waals surface area (Å²) in [5.74, 6) is 0. The summed E-state index contributed by atoms with van der Waals surface area (Å²) in [4.78, 5) is 2.48. The Morgan fingerprint density at radius 2 is 1.00 bits per heavy atom. The average molecular weight is 869 g/mol. The first kappa shape index (κ1) is 38.6. The van der Waals surface area contributed by atoms with Gasteiger partial charge in [-0.3, -0.25) is 0 Å². The number of aromatic nitrogens is 1. The molecule has 0 saturated carbocycles. The van der Waals surface area contributed by atoms with Crippen molar-refractivity contribution in [2.24, 2.45) is 0 Å². The zero-order valence-corrected chi connectivity index (χ0v) is 37.7. The van der Waals surface area contributed by atoms with E-state index in [9.17, 15) is 0 Å². The van der Waals surface area contributed by atoms with E-state index in [1.807, 2.05) is 0 Å². The first-order chi connectivity index (χ1) is 33.5. The molecule has 2 heterocycles. The Morgan fingerprint density at radius 3 is 1.79 bits per heavy atom. The van der Waals surface area contributed by atoms with Crippen LogP contribution in [0.2, 0.25) is 0 Å². The summed E-state index contributed by atoms with van der Waals surface area (Å²) < 4.78 is 9.40. The van der Waals surface area contributed by atoms with E-state index in [0.29, 0.717) is 0 Å². The highest BCUT2D eigenvalue weighted by atomic mass is 16.3. The van der Waals surface area contributed by atoms with Gasteiger partial charge < -0.3 is 13.9 Å². The SMILES string of the molecule is CC1(C)c2ccccc2-c2ccc(-c3cccc(N(c4cc5ccccc5c5ccccc45)c4ccc(-c5ccc(-n6c7ccccc7c7ccccc76)cc5)c5oc6ccccc6c45)c3)cc21. The van der Waals surface area contributed by atoms with Gasteiger partial charge in [0, 0.05) is 43.9 Å². The van der Waals surface area contributed by atoms with E-state index < -0.39 is 0 Å². The van der Waals surface area contributed by atoms with Crippen molar-refractivity contribution in [2.45, 2.75) is 19.3 Å². The molecule has 0 atom stereocenters. The zero-order chi connectivity index (χ0) is 45.1. The van der Waals surface area contributed by atoms with Gasteiger partial charge >= 0.3 is 0 Å². The maximum atomic E-state index is 7.03. The third-order valence-electron chi connectivity index (χ3n) is 14.8. The van der Waals surface area contributed by atoms with Crippen molar-refractivity contribution >= 4 is 82.4 Å². The molecule has 11 aromatic carbocycles. The predicted molar refractivity (Wildman–Crippen MR) is 286 cm³/mol. The van der Waals surface area contributed by atoms with E-state index in [2.05, 4.69) is 254 Å². The number of benzene rings is 11. The summed E-state index contributed by atoms with van der Waals surface area (Å²) in [7, 11) is 0. The number of rotatable bonds is 6. The lowest BCUT2D eigenvalue weighted by molar-refractivity contribution is 0.660. The van der Waals surface area contributed by atoms with Gasteiger partial charge in [0.15, 0.2) is 0 Å². The monoisotopic (exact) mass is 868 g/mol. The molecule has 13 aromatic rings. The van der Waals surface area contributed by atoms with E-state index in [1.165, 1.54) is 76.7 Å². The minimum atomic E-state index is -0.101. The van der Waals surface area contributed by atoms with Gasteiger partial charge in [-0.25, -0.2) is 0 Å². The van der Waals surface area contributed by atoms with Gasteiger partial charge in [-0.15, -0.1) is 0 Å². The summed E-state index contributed by atoms with van der Waals surface area (Å²) in [5, 5.41) is 9.48. The molecule has 14 rings (SSSR count). The molecule has 3 heteroatoms. The fourth-order valence-corrected chi connectivity index (χ4v) is 11.6. The molecule has 320 valence electrons. The van der Waals surface area contributed by atoms with E-state index in [4.69, 9.17) is 4.42 Å². The molecule has 0 saturated heterocycles. The van der Waals surface area contributed by atoms with Gasteiger partial charge in [0.25, 0.3) is 0 Å². The van der Waals surface area contributed by atoms with Crippen molar-refractivity contribution in [3.8, 4) is 39.1 Å². The summed E-state index contributed by atoms with van der Waals surface area (Å²) in [5.41, 5.74) is 18.3. The van der Waals surface area contributed by atoms with E-state index >= 15 is 0 Å². The smallest absolute Gasteiger partial charge is 0.145 e. The Morgan fingerprint density at radius 1 is 0.397 bits per heavy atom. The van der Waals surface area contributed by atoms with Crippen LogP contribution in [0.5, 0.6) is 0 Å². The second kappa shape index (κ2) is 14.7. The number of furan rings is 1. The van der Waals surface area contributed by atoms with Crippen LogP contribution in [0.15, 0.2) is 235 Å². The number of hydrogen-bond donors (Lipinski definition) is 0. The van der Waals surface area contributed by atoms with Crippen molar-refractivity contribution in [3.63, 3.8) is 0 Å². The second-order valence-electron chi connectivity index (χ2n) is 18.8. The molecule has 0 aliphatic heterocycles. The molecule has 1 aliphatic rings. The topological polar surface area (TPSA) is 21.3 Å². The lowest BCUT2D eigenvalue weighted by atomic mass is 9.81. The Balaban J connectivity index is 0.978. The molecule has 68 heavy (non-hydrogen) atoms. The number of anilines is 3. The van der Waals surface area contributed by atoms with Gasteiger partial charge in [0.1, 0.15) is 11.2 Å². The van der Waals surface area contributed by atoms with Crippen LogP contribution < -0.4 is 4.90 Å². The number of para-hydroxylation sites is 3. The molecule has 0 unspecified atom stereocenters. The predicted octanol–water partition coefficient (Wildman–Crippen LogP) is 18.1. The number of hydrogen-bond acceptors (Lipinski definition) is 2. The fraction of sp³-hybridized carbons (Fsp3) is 0.0462. The Bertz CT molecular complexity index is 4130. The number of fused-ring (bicyclic) bond motifs is 12. The van der Waals surface area contributed by atoms with Crippen molar-refractivity contribution in [1.82, 2.24) is 4.57 Å². The van der Waals surface area contributed by atoms with Crippen molar-refractivity contribution in [1.29, 1.82) is 0 Å². The van der Waals surface area contributed by atoms with Crippen LogP contribution >= 0.6 is 0 Å². The highest BCUT2D eigenvalue weighted by molar-refractivity contribution is 6.20. The van der Waals surface area contributed by atoms with Crippen molar-refractivity contribution in [2.75, 3.05) is 4.90 Å². The molecule has 0 fully saturated rings. The summed E-state index contributed by atoms with van der Waals surface area (Å²) in [6, 6.07) is 84.4. The van der Waals surface area contributed by atoms with Gasteiger partial charge in [0.05, 0.1) is 27.8 Å². The lowest BCUT2D eigenvalue weighted by Crippen LogP contribution is -2.14. The van der Waals surface area contributed by atoms with Gasteiger partial charge in [-0.05, 0) is 122 Å². The second-order valence-corrected chi connectivity index (χ2v) is 18.8. The van der Waals surface area contributed by atoms with Crippen LogP contribution in [-0.2, 0) is 5.41 Å². The maximum Gasteiger partial charge on any atom is 0.145 e. The molecule has 0 amide bonds. The molecular formula is C65H44N2O. The van der Waals surface area contributed by atoms with Crippen LogP contribution in [0.1, 0.15) is 25.0 Å². The van der Waals surface area contributed by atoms with Crippen LogP contribution in [0.4, 0.5) is 17.1 Å². The molecule has 0 radical (unpaired) electrons. The zero-order valence-electron chi connectivity index (χ0n) is 37.7. The molecule has 1 aliphatic carbocycles. The summed E-state index contributed by atoms with van der Waals surface area (Å²) in [6.45, 7) is 4.71. The van der Waals surface area contributed by atoms with E-state index in [-0.39, 0.29) is 5.41 Å². The summed E-state index contributed by atoms with van der Waals surface area (Å²) >= 11 is 0. The molecule has 0 spiro atoms. The van der Waals surface area contributed by atoms with Crippen LogP contribution in [0.25, 0.3) is 104 Å². The quantitative estimate of drug-likeness (QED) is 0.155. The Hall–Kier alpha value is -8.66. The molecule has 0 N–H and O–H groups in total. The lowest BCUT2D eigenvalue weighted by Gasteiger charge is -2.29. The third-order valence-corrected chi connectivity index (χ3v) is 14.8. The average Bonchev–Trinajstić information content (AvgIpc) is 4.02. The normalized spacial score (nSPS) is 13.0. The summed E-state index contributed by atoms with van der Waals surface area (Å²) in [6.07, 6.45) is 0. The number of nitrogens with zero attached hydrogens (tertiary/aromatic N) is 2. The van der Waals surface area contributed by atoms with Crippen LogP contribution in [0, 0.1) is 0 Å². The Labute approximate surface area is 394 Å². The first-order valence-electron chi connectivity index (χ1n) is 23.6. The largest absolute Gasteiger partial charge is 0.455 e. The maximum absolute atomic E-state index is 7.03. The Kier molecular flexibility index (Phi) is 8.33. The van der Waals surface area contributed by atoms with Gasteiger partial charge in [0.2, 0.25) is 0 Å². The molecule has 2 aromatic heterocycles. The third kappa shape index (κ3) is 5.66. The van der Waals surface area contributed by atoms with Crippen molar-refractivity contribution < 1.29 is 4.42 Å². The minimum Gasteiger partial charge on any atom is -0.455 e. The van der Waals surface area contributed by atoms with Gasteiger partial charge in [-0.1, -0.05) is 178 Å². The standard InChI is InChI=1S/C65H44N2O/c1-65(2)56-26-11-7-21-50(56)51-35-32-43(39-57(51)65)42-17-15-18-46(38-42)67(61-40-44-16-3-4-19-47(44)49-20-5-6-22-52(49)61)60-37-36-48(64-63(60)55-25-10-14-29-62(55)68-64)41-30-33-45(34-31-41)66-58-27-12-8-23-53(58)54-24-9-13-28-59(54)66/h3-40H,1-2H3. The van der Waals surface area contributed by atoms with Crippen LogP contribution in [-0.4, -0.2) is 4.57 Å². The molecular weight excluding hydrogens is 825 g/mol. The highest BCUT2D eigenvalue weighted by Gasteiger charge is 2.35. The van der Waals surface area contributed by atoms with E-state index in [1.54, 1.807) is 0 Å². The van der Waals surface area contributed by atoms with E-state index in [0.717, 1.165) is 55.8 Å². The van der Waals surface area contributed by atoms with Crippen LogP contribution in [0.3, 0.4) is 0 Å². The van der Waals surface area contributed by atoms with Gasteiger partial charge in [-0.2, -0.15) is 0 Å². The van der Waals surface area contributed by atoms with Crippen molar-refractivity contribution in [3.05, 3.63) is 242 Å². The molecule has 3 nitrogen and oxygen atoms in total. The fourth-order valence-electron chi connectivity index (χ4n) is 11.6.